The molecule has 1 unspecified atom stereocenters. The molecule has 0 aromatic rings. The molecule has 0 aliphatic heterocycles. The second-order valence-electron chi connectivity index (χ2n) is 6.53. The summed E-state index contributed by atoms with van der Waals surface area (Å²) in [5, 5.41) is 5.82. The molecular formula is C15H33IN4O. The van der Waals surface area contributed by atoms with E-state index in [1.165, 1.54) is 12.8 Å². The van der Waals surface area contributed by atoms with Gasteiger partial charge in [-0.1, -0.05) is 26.7 Å². The summed E-state index contributed by atoms with van der Waals surface area (Å²) in [6, 6.07) is 0.306. The van der Waals surface area contributed by atoms with Crippen molar-refractivity contribution >= 4 is 35.8 Å². The second kappa shape index (κ2) is 11.1. The van der Waals surface area contributed by atoms with Gasteiger partial charge in [-0.3, -0.25) is 9.79 Å². The molecule has 0 bridgehead atoms. The minimum absolute atomic E-state index is 0. The summed E-state index contributed by atoms with van der Waals surface area (Å²) in [7, 11) is 1.63. The lowest BCUT2D eigenvalue weighted by molar-refractivity contribution is -0.128. The predicted octanol–water partition coefficient (Wildman–Crippen LogP) is 2.50. The highest BCUT2D eigenvalue weighted by atomic mass is 127. The SMILES string of the molecule is CNC(=O)C(C)(C)CN=C(N)NC(C)CCCC(C)C.I. The van der Waals surface area contributed by atoms with Crippen molar-refractivity contribution in [3.63, 3.8) is 0 Å². The fourth-order valence-electron chi connectivity index (χ4n) is 1.90. The molecule has 6 heteroatoms. The summed E-state index contributed by atoms with van der Waals surface area (Å²) < 4.78 is 0. The van der Waals surface area contributed by atoms with E-state index in [0.29, 0.717) is 18.5 Å². The minimum Gasteiger partial charge on any atom is -0.370 e. The molecule has 1 amide bonds. The topological polar surface area (TPSA) is 79.5 Å². The Bertz CT molecular complexity index is 330. The number of nitrogens with zero attached hydrogens (tertiary/aromatic N) is 1. The lowest BCUT2D eigenvalue weighted by Crippen LogP contribution is -2.41. The first-order chi connectivity index (χ1) is 9.19. The summed E-state index contributed by atoms with van der Waals surface area (Å²) in [5.74, 6) is 1.12. The summed E-state index contributed by atoms with van der Waals surface area (Å²) in [4.78, 5) is 15.9. The molecular weight excluding hydrogens is 379 g/mol. The van der Waals surface area contributed by atoms with Crippen LogP contribution < -0.4 is 16.4 Å². The van der Waals surface area contributed by atoms with E-state index in [1.807, 2.05) is 13.8 Å². The zero-order valence-electron chi connectivity index (χ0n) is 14.3. The van der Waals surface area contributed by atoms with Crippen molar-refractivity contribution in [1.29, 1.82) is 0 Å². The van der Waals surface area contributed by atoms with E-state index < -0.39 is 5.41 Å². The molecule has 0 fully saturated rings. The smallest absolute Gasteiger partial charge is 0.227 e. The van der Waals surface area contributed by atoms with E-state index in [-0.39, 0.29) is 29.9 Å². The summed E-state index contributed by atoms with van der Waals surface area (Å²) in [5.41, 5.74) is 5.32. The van der Waals surface area contributed by atoms with E-state index >= 15 is 0 Å². The molecule has 0 aliphatic carbocycles. The standard InChI is InChI=1S/C15H32N4O.HI/c1-11(2)8-7-9-12(3)19-14(16)18-10-15(4,5)13(20)17-6;/h11-12H,7-10H2,1-6H3,(H,17,20)(H3,16,18,19);1H. The molecule has 0 saturated heterocycles. The minimum atomic E-state index is -0.540. The van der Waals surface area contributed by atoms with Gasteiger partial charge < -0.3 is 16.4 Å². The maximum atomic E-state index is 11.6. The monoisotopic (exact) mass is 412 g/mol. The Hall–Kier alpha value is -0.530. The third-order valence-corrected chi connectivity index (χ3v) is 3.30. The molecule has 4 N–H and O–H groups in total. The van der Waals surface area contributed by atoms with Crippen molar-refractivity contribution in [1.82, 2.24) is 10.6 Å². The van der Waals surface area contributed by atoms with Crippen molar-refractivity contribution in [3.05, 3.63) is 0 Å². The van der Waals surface area contributed by atoms with Gasteiger partial charge in [0.2, 0.25) is 5.91 Å². The number of guanidine groups is 1. The number of nitrogens with one attached hydrogen (secondary N) is 2. The van der Waals surface area contributed by atoms with Crippen molar-refractivity contribution in [3.8, 4) is 0 Å². The number of hydrogen-bond donors (Lipinski definition) is 3. The summed E-state index contributed by atoms with van der Waals surface area (Å²) >= 11 is 0. The zero-order valence-corrected chi connectivity index (χ0v) is 16.7. The van der Waals surface area contributed by atoms with E-state index in [9.17, 15) is 4.79 Å². The van der Waals surface area contributed by atoms with Crippen molar-refractivity contribution in [2.75, 3.05) is 13.6 Å². The van der Waals surface area contributed by atoms with Gasteiger partial charge in [0.25, 0.3) is 0 Å². The highest BCUT2D eigenvalue weighted by Gasteiger charge is 2.26. The number of rotatable bonds is 8. The van der Waals surface area contributed by atoms with Gasteiger partial charge in [-0.2, -0.15) is 0 Å². The summed E-state index contributed by atoms with van der Waals surface area (Å²) in [6.45, 7) is 10.7. The summed E-state index contributed by atoms with van der Waals surface area (Å²) in [6.07, 6.45) is 3.49. The van der Waals surface area contributed by atoms with Gasteiger partial charge in [-0.15, -0.1) is 24.0 Å². The lowest BCUT2D eigenvalue weighted by atomic mass is 9.93. The van der Waals surface area contributed by atoms with Gasteiger partial charge in [-0.25, -0.2) is 0 Å². The largest absolute Gasteiger partial charge is 0.370 e. The fourth-order valence-corrected chi connectivity index (χ4v) is 1.90. The van der Waals surface area contributed by atoms with E-state index in [0.717, 1.165) is 12.3 Å². The van der Waals surface area contributed by atoms with Crippen LogP contribution in [0.1, 0.15) is 53.9 Å². The molecule has 0 aromatic carbocycles. The number of carbonyl (C=O) groups excluding carboxylic acids is 1. The quantitative estimate of drug-likeness (QED) is 0.326. The average molecular weight is 412 g/mol. The molecule has 1 atom stereocenters. The number of halogens is 1. The van der Waals surface area contributed by atoms with Crippen LogP contribution in [0.2, 0.25) is 0 Å². The van der Waals surface area contributed by atoms with Crippen LogP contribution in [0.15, 0.2) is 4.99 Å². The first-order valence-corrected chi connectivity index (χ1v) is 7.47. The van der Waals surface area contributed by atoms with Gasteiger partial charge in [-0.05, 0) is 33.1 Å². The third kappa shape index (κ3) is 10.8. The van der Waals surface area contributed by atoms with Gasteiger partial charge in [0.05, 0.1) is 12.0 Å². The maximum Gasteiger partial charge on any atom is 0.227 e. The number of nitrogens with two attached hydrogens (primary N) is 1. The first kappa shape index (κ1) is 22.7. The van der Waals surface area contributed by atoms with Crippen LogP contribution in [-0.4, -0.2) is 31.5 Å². The molecule has 0 rings (SSSR count). The number of hydrogen-bond acceptors (Lipinski definition) is 2. The Morgan fingerprint density at radius 3 is 2.29 bits per heavy atom. The number of carbonyl (C=O) groups is 1. The molecule has 0 heterocycles. The highest BCUT2D eigenvalue weighted by molar-refractivity contribution is 14.0. The van der Waals surface area contributed by atoms with Gasteiger partial charge in [0, 0.05) is 13.1 Å². The Kier molecular flexibility index (Phi) is 12.0. The molecule has 0 spiro atoms. The van der Waals surface area contributed by atoms with E-state index in [1.54, 1.807) is 7.05 Å². The van der Waals surface area contributed by atoms with Crippen molar-refractivity contribution in [2.45, 2.75) is 59.9 Å². The van der Waals surface area contributed by atoms with Crippen LogP contribution in [0.3, 0.4) is 0 Å². The Morgan fingerprint density at radius 2 is 1.81 bits per heavy atom. The van der Waals surface area contributed by atoms with Gasteiger partial charge >= 0.3 is 0 Å². The van der Waals surface area contributed by atoms with Crippen LogP contribution in [0.5, 0.6) is 0 Å². The molecule has 0 saturated carbocycles. The van der Waals surface area contributed by atoms with Crippen LogP contribution in [0, 0.1) is 11.3 Å². The van der Waals surface area contributed by atoms with E-state index in [4.69, 9.17) is 5.73 Å². The molecule has 0 aliphatic rings. The maximum absolute atomic E-state index is 11.6. The Balaban J connectivity index is 0. The van der Waals surface area contributed by atoms with Crippen molar-refractivity contribution in [2.24, 2.45) is 22.1 Å². The lowest BCUT2D eigenvalue weighted by Gasteiger charge is -2.21. The van der Waals surface area contributed by atoms with Crippen LogP contribution in [-0.2, 0) is 4.79 Å². The molecule has 21 heavy (non-hydrogen) atoms. The normalized spacial score (nSPS) is 13.6. The number of aliphatic imine (C=N–C) groups is 1. The van der Waals surface area contributed by atoms with Crippen LogP contribution in [0.25, 0.3) is 0 Å². The average Bonchev–Trinajstić information content (AvgIpc) is 2.34. The molecule has 0 aromatic heterocycles. The zero-order chi connectivity index (χ0) is 15.8. The van der Waals surface area contributed by atoms with Crippen LogP contribution in [0.4, 0.5) is 0 Å². The third-order valence-electron chi connectivity index (χ3n) is 3.30. The fraction of sp³-hybridized carbons (Fsp3) is 0.867. The molecule has 0 radical (unpaired) electrons. The Morgan fingerprint density at radius 1 is 1.24 bits per heavy atom. The van der Waals surface area contributed by atoms with Gasteiger partial charge in [0.15, 0.2) is 5.96 Å². The molecule has 5 nitrogen and oxygen atoms in total. The molecule has 126 valence electrons. The van der Waals surface area contributed by atoms with Gasteiger partial charge in [0.1, 0.15) is 0 Å². The second-order valence-corrected chi connectivity index (χ2v) is 6.53. The van der Waals surface area contributed by atoms with E-state index in [2.05, 4.69) is 36.4 Å². The predicted molar refractivity (Wildman–Crippen MR) is 101 cm³/mol. The highest BCUT2D eigenvalue weighted by Crippen LogP contribution is 2.15. The Labute approximate surface area is 146 Å². The van der Waals surface area contributed by atoms with Crippen molar-refractivity contribution < 1.29 is 4.79 Å². The first-order valence-electron chi connectivity index (χ1n) is 7.47. The number of amides is 1. The van der Waals surface area contributed by atoms with Crippen LogP contribution >= 0.6 is 24.0 Å².